The van der Waals surface area contributed by atoms with Crippen molar-refractivity contribution >= 4 is 5.95 Å². The molecule has 1 aromatic carbocycles. The number of halogens is 1. The van der Waals surface area contributed by atoms with Crippen LogP contribution < -0.4 is 11.3 Å². The van der Waals surface area contributed by atoms with Crippen LogP contribution in [0.5, 0.6) is 0 Å². The number of anilines is 1. The Labute approximate surface area is 85.1 Å². The van der Waals surface area contributed by atoms with Gasteiger partial charge in [0.15, 0.2) is 0 Å². The summed E-state index contributed by atoms with van der Waals surface area (Å²) in [5.41, 5.74) is 3.00. The first-order chi connectivity index (χ1) is 7.31. The summed E-state index contributed by atoms with van der Waals surface area (Å²) in [5, 5.41) is 7.24. The van der Waals surface area contributed by atoms with Gasteiger partial charge in [0.05, 0.1) is 11.9 Å². The molecule has 0 saturated heterocycles. The average molecular weight is 205 g/mol. The summed E-state index contributed by atoms with van der Waals surface area (Å²) in [4.78, 5) is 3.97. The molecule has 0 amide bonds. The van der Waals surface area contributed by atoms with E-state index in [0.29, 0.717) is 11.3 Å². The maximum Gasteiger partial charge on any atom is 0.257 e. The normalized spacial score (nSPS) is 10.0. The molecular weight excluding hydrogens is 197 g/mol. The smallest absolute Gasteiger partial charge is 0.257 e. The Morgan fingerprint density at radius 1 is 1.27 bits per heavy atom. The molecule has 2 rings (SSSR count). The number of nitrogen functional groups attached to an aromatic ring is 1. The highest BCUT2D eigenvalue weighted by Gasteiger charge is 2.06. The maximum absolute atomic E-state index is 13.4. The zero-order chi connectivity index (χ0) is 10.7. The van der Waals surface area contributed by atoms with E-state index in [1.807, 2.05) is 0 Å². The van der Waals surface area contributed by atoms with Crippen molar-refractivity contribution in [3.63, 3.8) is 0 Å². The molecule has 1 heterocycles. The van der Waals surface area contributed by atoms with Crippen LogP contribution >= 0.6 is 0 Å². The number of hydrazine groups is 1. The zero-order valence-corrected chi connectivity index (χ0v) is 7.68. The Morgan fingerprint density at radius 3 is 2.80 bits per heavy atom. The van der Waals surface area contributed by atoms with Gasteiger partial charge in [-0.25, -0.2) is 15.2 Å². The van der Waals surface area contributed by atoms with Crippen LogP contribution in [0.4, 0.5) is 10.3 Å². The van der Waals surface area contributed by atoms with E-state index in [1.165, 1.54) is 12.3 Å². The Balaban J connectivity index is 2.49. The van der Waals surface area contributed by atoms with Crippen molar-refractivity contribution in [3.05, 3.63) is 36.3 Å². The van der Waals surface area contributed by atoms with Crippen LogP contribution in [0.3, 0.4) is 0 Å². The fraction of sp³-hybridized carbons (Fsp3) is 0. The average Bonchev–Trinajstić information content (AvgIpc) is 2.30. The lowest BCUT2D eigenvalue weighted by molar-refractivity contribution is 0.630. The lowest BCUT2D eigenvalue weighted by atomic mass is 10.1. The summed E-state index contributed by atoms with van der Waals surface area (Å²) in [6.45, 7) is 0. The van der Waals surface area contributed by atoms with Crippen LogP contribution in [-0.4, -0.2) is 15.2 Å². The molecule has 3 N–H and O–H groups in total. The Bertz CT molecular complexity index is 474. The lowest BCUT2D eigenvalue weighted by Crippen LogP contribution is -2.11. The molecule has 5 nitrogen and oxygen atoms in total. The van der Waals surface area contributed by atoms with E-state index in [0.717, 1.165) is 0 Å². The van der Waals surface area contributed by atoms with Crippen molar-refractivity contribution < 1.29 is 4.39 Å². The maximum atomic E-state index is 13.4. The van der Waals surface area contributed by atoms with Gasteiger partial charge in [0, 0.05) is 5.56 Å². The van der Waals surface area contributed by atoms with E-state index in [1.54, 1.807) is 18.2 Å². The quantitative estimate of drug-likeness (QED) is 0.564. The molecule has 76 valence electrons. The minimum absolute atomic E-state index is 0.149. The third-order valence-corrected chi connectivity index (χ3v) is 1.84. The molecule has 0 spiro atoms. The highest BCUT2D eigenvalue weighted by atomic mass is 19.1. The zero-order valence-electron chi connectivity index (χ0n) is 7.68. The molecule has 0 radical (unpaired) electrons. The second-order valence-electron chi connectivity index (χ2n) is 2.79. The number of hydrogen-bond donors (Lipinski definition) is 2. The monoisotopic (exact) mass is 205 g/mol. The van der Waals surface area contributed by atoms with Crippen molar-refractivity contribution in [1.29, 1.82) is 0 Å². The third kappa shape index (κ3) is 1.89. The summed E-state index contributed by atoms with van der Waals surface area (Å²) in [6.07, 6.45) is 1.37. The van der Waals surface area contributed by atoms with E-state index >= 15 is 0 Å². The van der Waals surface area contributed by atoms with Gasteiger partial charge in [-0.05, 0) is 12.1 Å². The number of nitrogens with one attached hydrogen (secondary N) is 1. The number of nitrogens with zero attached hydrogens (tertiary/aromatic N) is 3. The van der Waals surface area contributed by atoms with E-state index in [2.05, 4.69) is 20.6 Å². The largest absolute Gasteiger partial charge is 0.291 e. The standard InChI is InChI=1S/C9H8FN5/c10-7-4-2-1-3-6(7)8-5-12-15-9(13-8)14-11/h1-5H,11H2,(H,13,14,15). The fourth-order valence-electron chi connectivity index (χ4n) is 1.16. The molecular formula is C9H8FN5. The molecule has 0 aliphatic heterocycles. The number of hydrogen-bond acceptors (Lipinski definition) is 5. The molecule has 0 aliphatic carbocycles. The summed E-state index contributed by atoms with van der Waals surface area (Å²) in [7, 11) is 0. The molecule has 0 atom stereocenters. The van der Waals surface area contributed by atoms with Crippen molar-refractivity contribution in [2.75, 3.05) is 5.43 Å². The van der Waals surface area contributed by atoms with Gasteiger partial charge < -0.3 is 0 Å². The summed E-state index contributed by atoms with van der Waals surface area (Å²) < 4.78 is 13.4. The summed E-state index contributed by atoms with van der Waals surface area (Å²) in [5.74, 6) is 4.91. The van der Waals surface area contributed by atoms with Crippen molar-refractivity contribution in [3.8, 4) is 11.3 Å². The van der Waals surface area contributed by atoms with Crippen LogP contribution in [0.1, 0.15) is 0 Å². The van der Waals surface area contributed by atoms with Crippen molar-refractivity contribution in [2.24, 2.45) is 5.84 Å². The molecule has 1 aromatic heterocycles. The van der Waals surface area contributed by atoms with Crippen LogP contribution in [0.15, 0.2) is 30.5 Å². The van der Waals surface area contributed by atoms with E-state index in [4.69, 9.17) is 5.84 Å². The van der Waals surface area contributed by atoms with Crippen molar-refractivity contribution in [1.82, 2.24) is 15.2 Å². The van der Waals surface area contributed by atoms with E-state index < -0.39 is 0 Å². The molecule has 15 heavy (non-hydrogen) atoms. The molecule has 0 bridgehead atoms. The topological polar surface area (TPSA) is 76.7 Å². The Morgan fingerprint density at radius 2 is 2.07 bits per heavy atom. The minimum Gasteiger partial charge on any atom is -0.291 e. The second-order valence-corrected chi connectivity index (χ2v) is 2.79. The lowest BCUT2D eigenvalue weighted by Gasteiger charge is -2.02. The van der Waals surface area contributed by atoms with Gasteiger partial charge in [-0.2, -0.15) is 5.10 Å². The van der Waals surface area contributed by atoms with Gasteiger partial charge in [-0.1, -0.05) is 12.1 Å². The second kappa shape index (κ2) is 3.97. The minimum atomic E-state index is -0.360. The number of rotatable bonds is 2. The third-order valence-electron chi connectivity index (χ3n) is 1.84. The predicted molar refractivity (Wildman–Crippen MR) is 53.0 cm³/mol. The van der Waals surface area contributed by atoms with Gasteiger partial charge in [0.25, 0.3) is 5.95 Å². The molecule has 0 unspecified atom stereocenters. The number of aromatic nitrogens is 3. The highest BCUT2D eigenvalue weighted by Crippen LogP contribution is 2.19. The number of nitrogens with two attached hydrogens (primary N) is 1. The van der Waals surface area contributed by atoms with Crippen molar-refractivity contribution in [2.45, 2.75) is 0 Å². The molecule has 2 aromatic rings. The van der Waals surface area contributed by atoms with Gasteiger partial charge in [-0.15, -0.1) is 5.10 Å². The molecule has 6 heteroatoms. The summed E-state index contributed by atoms with van der Waals surface area (Å²) in [6, 6.07) is 6.29. The van der Waals surface area contributed by atoms with Crippen LogP contribution in [0, 0.1) is 5.82 Å². The van der Waals surface area contributed by atoms with Gasteiger partial charge in [-0.3, -0.25) is 5.43 Å². The van der Waals surface area contributed by atoms with Crippen LogP contribution in [0.25, 0.3) is 11.3 Å². The fourth-order valence-corrected chi connectivity index (χ4v) is 1.16. The first-order valence-corrected chi connectivity index (χ1v) is 4.22. The summed E-state index contributed by atoms with van der Waals surface area (Å²) >= 11 is 0. The van der Waals surface area contributed by atoms with E-state index in [-0.39, 0.29) is 11.8 Å². The van der Waals surface area contributed by atoms with Crippen LogP contribution in [-0.2, 0) is 0 Å². The van der Waals surface area contributed by atoms with E-state index in [9.17, 15) is 4.39 Å². The number of benzene rings is 1. The first kappa shape index (κ1) is 9.47. The highest BCUT2D eigenvalue weighted by molar-refractivity contribution is 5.59. The molecule has 0 fully saturated rings. The van der Waals surface area contributed by atoms with Gasteiger partial charge in [0.2, 0.25) is 0 Å². The SMILES string of the molecule is NNc1nncc(-c2ccccc2F)n1. The van der Waals surface area contributed by atoms with Gasteiger partial charge in [0.1, 0.15) is 5.82 Å². The first-order valence-electron chi connectivity index (χ1n) is 4.22. The molecule has 0 saturated carbocycles. The Kier molecular flexibility index (Phi) is 2.51. The Hall–Kier alpha value is -2.08. The predicted octanol–water partition coefficient (Wildman–Crippen LogP) is 0.963. The van der Waals surface area contributed by atoms with Crippen LogP contribution in [0.2, 0.25) is 0 Å². The molecule has 0 aliphatic rings. The van der Waals surface area contributed by atoms with Gasteiger partial charge >= 0.3 is 0 Å².